The van der Waals surface area contributed by atoms with Crippen molar-refractivity contribution in [2.24, 2.45) is 0 Å². The second kappa shape index (κ2) is 5.36. The maximum Gasteiger partial charge on any atom is 0.192 e. The minimum Gasteiger partial charge on any atom is -0.357 e. The summed E-state index contributed by atoms with van der Waals surface area (Å²) in [5.41, 5.74) is 5.01. The van der Waals surface area contributed by atoms with Crippen LogP contribution in [0.1, 0.15) is 34.3 Å². The van der Waals surface area contributed by atoms with E-state index in [4.69, 9.17) is 11.6 Å². The maximum absolute atomic E-state index is 13.0. The van der Waals surface area contributed by atoms with Gasteiger partial charge in [-0.3, -0.25) is 4.79 Å². The Bertz CT molecular complexity index is 995. The summed E-state index contributed by atoms with van der Waals surface area (Å²) in [5.74, 6) is -0.488. The van der Waals surface area contributed by atoms with Crippen molar-refractivity contribution in [3.8, 4) is 6.07 Å². The van der Waals surface area contributed by atoms with Gasteiger partial charge in [0.1, 0.15) is 0 Å². The van der Waals surface area contributed by atoms with Gasteiger partial charge in [-0.25, -0.2) is 0 Å². The van der Waals surface area contributed by atoms with Crippen LogP contribution in [0.4, 0.5) is 0 Å². The summed E-state index contributed by atoms with van der Waals surface area (Å²) in [6, 6.07) is 17.2. The minimum atomic E-state index is -0.445. The number of allylic oxidation sites excluding steroid dienone is 3. The van der Waals surface area contributed by atoms with Gasteiger partial charge in [-0.05, 0) is 18.6 Å². The molecule has 1 heterocycles. The zero-order valence-corrected chi connectivity index (χ0v) is 13.7. The van der Waals surface area contributed by atoms with E-state index in [0.29, 0.717) is 21.7 Å². The molecule has 3 nitrogen and oxygen atoms in total. The fourth-order valence-corrected chi connectivity index (χ4v) is 3.74. The van der Waals surface area contributed by atoms with Crippen LogP contribution in [0.5, 0.6) is 0 Å². The first-order chi connectivity index (χ1) is 11.6. The first-order valence-corrected chi connectivity index (χ1v) is 8.02. The SMILES string of the molecule is CC1=C(C#N)[C@H](c2ccccc2Cl)C2=C(N1)c1ccccc1C2=O. The molecule has 0 fully saturated rings. The largest absolute Gasteiger partial charge is 0.357 e. The van der Waals surface area contributed by atoms with Gasteiger partial charge in [0.05, 0.1) is 23.3 Å². The Morgan fingerprint density at radius 1 is 1.08 bits per heavy atom. The van der Waals surface area contributed by atoms with Crippen LogP contribution in [-0.4, -0.2) is 5.78 Å². The zero-order valence-electron chi connectivity index (χ0n) is 12.9. The van der Waals surface area contributed by atoms with Crippen LogP contribution >= 0.6 is 11.6 Å². The Labute approximate surface area is 144 Å². The van der Waals surface area contributed by atoms with Crippen molar-refractivity contribution in [3.63, 3.8) is 0 Å². The van der Waals surface area contributed by atoms with E-state index in [2.05, 4.69) is 11.4 Å². The number of nitrogens with zero attached hydrogens (tertiary/aromatic N) is 1. The predicted octanol–water partition coefficient (Wildman–Crippen LogP) is 4.43. The molecule has 0 saturated heterocycles. The molecule has 1 aliphatic heterocycles. The molecule has 2 aromatic rings. The van der Waals surface area contributed by atoms with E-state index in [0.717, 1.165) is 22.5 Å². The van der Waals surface area contributed by atoms with E-state index >= 15 is 0 Å². The van der Waals surface area contributed by atoms with Crippen molar-refractivity contribution >= 4 is 23.1 Å². The third-order valence-electron chi connectivity index (χ3n) is 4.59. The van der Waals surface area contributed by atoms with Gasteiger partial charge in [0, 0.05) is 27.4 Å². The van der Waals surface area contributed by atoms with Crippen molar-refractivity contribution in [2.75, 3.05) is 0 Å². The number of rotatable bonds is 1. The van der Waals surface area contributed by atoms with E-state index in [1.807, 2.05) is 49.4 Å². The van der Waals surface area contributed by atoms with Gasteiger partial charge >= 0.3 is 0 Å². The number of carbonyl (C=O) groups is 1. The van der Waals surface area contributed by atoms with E-state index in [1.165, 1.54) is 0 Å². The molecule has 4 heteroatoms. The standard InChI is InChI=1S/C20H13ClN2O/c1-11-15(10-22)17(14-8-4-5-9-16(14)21)18-19(23-11)12-6-2-3-7-13(12)20(18)24/h2-9,17,23H,1H3/t17-/m0/s1. The van der Waals surface area contributed by atoms with Gasteiger partial charge in [-0.2, -0.15) is 5.26 Å². The second-order valence-corrected chi connectivity index (χ2v) is 6.30. The summed E-state index contributed by atoms with van der Waals surface area (Å²) < 4.78 is 0. The molecule has 2 aliphatic rings. The van der Waals surface area contributed by atoms with Crippen LogP contribution < -0.4 is 5.32 Å². The Kier molecular flexibility index (Phi) is 3.30. The van der Waals surface area contributed by atoms with E-state index in [1.54, 1.807) is 6.07 Å². The molecule has 0 saturated carbocycles. The number of Topliss-reactive ketones (excluding diaryl/α,β-unsaturated/α-hetero) is 1. The lowest BCUT2D eigenvalue weighted by Crippen LogP contribution is -2.24. The number of fused-ring (bicyclic) bond motifs is 2. The van der Waals surface area contributed by atoms with Gasteiger partial charge < -0.3 is 5.32 Å². The van der Waals surface area contributed by atoms with Crippen LogP contribution in [0.15, 0.2) is 65.4 Å². The molecule has 24 heavy (non-hydrogen) atoms. The molecule has 0 aromatic heterocycles. The molecule has 1 N–H and O–H groups in total. The fourth-order valence-electron chi connectivity index (χ4n) is 3.50. The Morgan fingerprint density at radius 3 is 2.46 bits per heavy atom. The third-order valence-corrected chi connectivity index (χ3v) is 4.93. The third kappa shape index (κ3) is 1.94. The van der Waals surface area contributed by atoms with Crippen LogP contribution in [-0.2, 0) is 0 Å². The normalized spacial score (nSPS) is 18.9. The monoisotopic (exact) mass is 332 g/mol. The Hall–Kier alpha value is -2.83. The highest BCUT2D eigenvalue weighted by Gasteiger charge is 2.40. The molecule has 116 valence electrons. The first-order valence-electron chi connectivity index (χ1n) is 7.64. The number of nitrogens with one attached hydrogen (secondary N) is 1. The molecule has 4 rings (SSSR count). The average Bonchev–Trinajstić information content (AvgIpc) is 2.87. The smallest absolute Gasteiger partial charge is 0.192 e. The highest BCUT2D eigenvalue weighted by Crippen LogP contribution is 2.47. The lowest BCUT2D eigenvalue weighted by molar-refractivity contribution is 0.103. The molecule has 1 aliphatic carbocycles. The lowest BCUT2D eigenvalue weighted by atomic mass is 9.80. The molecular formula is C20H13ClN2O. The van der Waals surface area contributed by atoms with Crippen LogP contribution in [0, 0.1) is 11.3 Å². The van der Waals surface area contributed by atoms with E-state index in [9.17, 15) is 10.1 Å². The summed E-state index contributed by atoms with van der Waals surface area (Å²) in [5, 5.41) is 13.5. The van der Waals surface area contributed by atoms with Crippen LogP contribution in [0.3, 0.4) is 0 Å². The molecule has 0 bridgehead atoms. The van der Waals surface area contributed by atoms with Crippen molar-refractivity contribution in [3.05, 3.63) is 87.1 Å². The summed E-state index contributed by atoms with van der Waals surface area (Å²) in [6.07, 6.45) is 0. The summed E-state index contributed by atoms with van der Waals surface area (Å²) in [7, 11) is 0. The summed E-state index contributed by atoms with van der Waals surface area (Å²) in [6.45, 7) is 1.86. The Morgan fingerprint density at radius 2 is 1.75 bits per heavy atom. The van der Waals surface area contributed by atoms with Gasteiger partial charge in [-0.15, -0.1) is 0 Å². The molecule has 0 unspecified atom stereocenters. The molecular weight excluding hydrogens is 320 g/mol. The average molecular weight is 333 g/mol. The van der Waals surface area contributed by atoms with Crippen molar-refractivity contribution in [1.82, 2.24) is 5.32 Å². The molecule has 1 atom stereocenters. The van der Waals surface area contributed by atoms with Crippen molar-refractivity contribution in [2.45, 2.75) is 12.8 Å². The van der Waals surface area contributed by atoms with Crippen LogP contribution in [0.25, 0.3) is 5.70 Å². The number of hydrogen-bond donors (Lipinski definition) is 1. The molecule has 0 radical (unpaired) electrons. The zero-order chi connectivity index (χ0) is 16.8. The van der Waals surface area contributed by atoms with Crippen LogP contribution in [0.2, 0.25) is 5.02 Å². The number of halogens is 1. The van der Waals surface area contributed by atoms with E-state index < -0.39 is 5.92 Å². The lowest BCUT2D eigenvalue weighted by Gasteiger charge is -2.27. The molecule has 0 spiro atoms. The number of carbonyl (C=O) groups excluding carboxylic acids is 1. The van der Waals surface area contributed by atoms with E-state index in [-0.39, 0.29) is 5.78 Å². The Balaban J connectivity index is 2.00. The number of dihydropyridines is 1. The number of benzene rings is 2. The molecule has 2 aromatic carbocycles. The van der Waals surface area contributed by atoms with Gasteiger partial charge in [0.2, 0.25) is 0 Å². The van der Waals surface area contributed by atoms with Crippen molar-refractivity contribution < 1.29 is 4.79 Å². The highest BCUT2D eigenvalue weighted by molar-refractivity contribution is 6.32. The minimum absolute atomic E-state index is 0.0433. The number of hydrogen-bond acceptors (Lipinski definition) is 3. The highest BCUT2D eigenvalue weighted by atomic mass is 35.5. The topological polar surface area (TPSA) is 52.9 Å². The quantitative estimate of drug-likeness (QED) is 0.840. The second-order valence-electron chi connectivity index (χ2n) is 5.89. The number of nitriles is 1. The van der Waals surface area contributed by atoms with Gasteiger partial charge in [0.25, 0.3) is 0 Å². The van der Waals surface area contributed by atoms with Crippen molar-refractivity contribution in [1.29, 1.82) is 5.26 Å². The van der Waals surface area contributed by atoms with Gasteiger partial charge in [-0.1, -0.05) is 54.1 Å². The predicted molar refractivity (Wildman–Crippen MR) is 93.3 cm³/mol. The maximum atomic E-state index is 13.0. The fraction of sp³-hybridized carbons (Fsp3) is 0.100. The first kappa shape index (κ1) is 14.7. The summed E-state index contributed by atoms with van der Waals surface area (Å²) in [4.78, 5) is 13.0. The number of ketones is 1. The molecule has 0 amide bonds. The summed E-state index contributed by atoms with van der Waals surface area (Å²) >= 11 is 6.39. The van der Waals surface area contributed by atoms with Gasteiger partial charge in [0.15, 0.2) is 5.78 Å².